The van der Waals surface area contributed by atoms with Gasteiger partial charge in [-0.2, -0.15) is 0 Å². The highest BCUT2D eigenvalue weighted by Gasteiger charge is 2.50. The van der Waals surface area contributed by atoms with Gasteiger partial charge in [0.15, 0.2) is 5.78 Å². The van der Waals surface area contributed by atoms with E-state index in [1.54, 1.807) is 19.1 Å². The van der Waals surface area contributed by atoms with E-state index in [0.717, 1.165) is 5.56 Å². The van der Waals surface area contributed by atoms with Crippen LogP contribution in [0.25, 0.3) is 0 Å². The van der Waals surface area contributed by atoms with Crippen molar-refractivity contribution in [2.24, 2.45) is 0 Å². The summed E-state index contributed by atoms with van der Waals surface area (Å²) < 4.78 is 27.6. The normalized spacial score (nSPS) is 29.0. The summed E-state index contributed by atoms with van der Waals surface area (Å²) in [5.74, 6) is -0.510. The van der Waals surface area contributed by atoms with Crippen LogP contribution in [-0.4, -0.2) is 30.5 Å². The Hall–Kier alpha value is -0.590. The predicted molar refractivity (Wildman–Crippen MR) is 92.7 cm³/mol. The molecule has 0 fully saturated rings. The van der Waals surface area contributed by atoms with E-state index in [2.05, 4.69) is 4.72 Å². The SMILES string of the molecule is CC1=C(Cl)C(=O)C(C)(Cl)C(Cl)C1NS(=O)(=O)c1ccc(C)cc1. The molecule has 1 N–H and O–H groups in total. The molecule has 3 atom stereocenters. The van der Waals surface area contributed by atoms with Crippen LogP contribution in [0.2, 0.25) is 0 Å². The molecule has 0 aliphatic heterocycles. The van der Waals surface area contributed by atoms with Gasteiger partial charge in [-0.05, 0) is 38.5 Å². The Kier molecular flexibility index (Phi) is 5.19. The van der Waals surface area contributed by atoms with Gasteiger partial charge in [-0.15, -0.1) is 23.2 Å². The van der Waals surface area contributed by atoms with Gasteiger partial charge in [0.2, 0.25) is 10.0 Å². The van der Waals surface area contributed by atoms with Gasteiger partial charge in [0, 0.05) is 0 Å². The molecule has 8 heteroatoms. The summed E-state index contributed by atoms with van der Waals surface area (Å²) in [4.78, 5) is 10.7. The van der Waals surface area contributed by atoms with Crippen molar-refractivity contribution in [2.45, 2.75) is 42.0 Å². The van der Waals surface area contributed by atoms with Gasteiger partial charge in [0.05, 0.1) is 21.3 Å². The molecular formula is C15H16Cl3NO3S. The predicted octanol–water partition coefficient (Wildman–Crippen LogP) is 3.34. The highest BCUT2D eigenvalue weighted by molar-refractivity contribution is 7.89. The summed E-state index contributed by atoms with van der Waals surface area (Å²) in [6.45, 7) is 4.84. The van der Waals surface area contributed by atoms with E-state index in [4.69, 9.17) is 34.8 Å². The van der Waals surface area contributed by atoms with Crippen LogP contribution in [0.4, 0.5) is 0 Å². The largest absolute Gasteiger partial charge is 0.291 e. The van der Waals surface area contributed by atoms with Crippen molar-refractivity contribution in [3.63, 3.8) is 0 Å². The molecule has 126 valence electrons. The standard InChI is InChI=1S/C15H16Cl3NO3S/c1-8-4-6-10(7-5-8)23(21,22)19-12-9(2)11(16)14(20)15(3,18)13(12)17/h4-7,12-13,19H,1-3H3. The molecule has 0 saturated heterocycles. The van der Waals surface area contributed by atoms with E-state index >= 15 is 0 Å². The molecule has 0 spiro atoms. The molecule has 4 nitrogen and oxygen atoms in total. The first kappa shape index (κ1) is 18.7. The lowest BCUT2D eigenvalue weighted by Gasteiger charge is -2.37. The Labute approximate surface area is 150 Å². The average molecular weight is 397 g/mol. The van der Waals surface area contributed by atoms with Gasteiger partial charge in [-0.25, -0.2) is 13.1 Å². The average Bonchev–Trinajstić information content (AvgIpc) is 2.49. The number of allylic oxidation sites excluding steroid dienone is 1. The molecule has 1 aromatic carbocycles. The molecule has 3 unspecified atom stereocenters. The van der Waals surface area contributed by atoms with Gasteiger partial charge in [0.1, 0.15) is 4.87 Å². The summed E-state index contributed by atoms with van der Waals surface area (Å²) in [6.07, 6.45) is 0. The van der Waals surface area contributed by atoms with E-state index < -0.39 is 32.1 Å². The van der Waals surface area contributed by atoms with Crippen LogP contribution in [0.5, 0.6) is 0 Å². The lowest BCUT2D eigenvalue weighted by atomic mass is 9.85. The summed E-state index contributed by atoms with van der Waals surface area (Å²) in [6, 6.07) is 5.50. The Balaban J connectivity index is 2.42. The minimum Gasteiger partial charge on any atom is -0.291 e. The lowest BCUT2D eigenvalue weighted by molar-refractivity contribution is -0.117. The van der Waals surface area contributed by atoms with Crippen LogP contribution in [0.3, 0.4) is 0 Å². The second kappa shape index (κ2) is 6.37. The number of Topliss-reactive ketones (excluding diaryl/α,β-unsaturated/α-hetero) is 1. The molecule has 0 saturated carbocycles. The first-order chi connectivity index (χ1) is 10.5. The smallest absolute Gasteiger partial charge is 0.241 e. The molecule has 0 heterocycles. The number of hydrogen-bond donors (Lipinski definition) is 1. The van der Waals surface area contributed by atoms with E-state index in [1.807, 2.05) is 6.92 Å². The highest BCUT2D eigenvalue weighted by Crippen LogP contribution is 2.40. The minimum atomic E-state index is -3.83. The number of hydrogen-bond acceptors (Lipinski definition) is 3. The first-order valence-electron chi connectivity index (χ1n) is 6.81. The zero-order valence-electron chi connectivity index (χ0n) is 12.7. The Bertz CT molecular complexity index is 770. The molecule has 0 bridgehead atoms. The van der Waals surface area contributed by atoms with Crippen LogP contribution >= 0.6 is 34.8 Å². The van der Waals surface area contributed by atoms with Gasteiger partial charge in [-0.3, -0.25) is 4.79 Å². The van der Waals surface area contributed by atoms with Crippen LogP contribution < -0.4 is 4.72 Å². The molecule has 2 rings (SSSR count). The Morgan fingerprint density at radius 2 is 1.70 bits per heavy atom. The third-order valence-electron chi connectivity index (χ3n) is 3.88. The molecule has 1 aliphatic carbocycles. The maximum atomic E-state index is 12.5. The number of ketones is 1. The number of alkyl halides is 2. The Morgan fingerprint density at radius 3 is 2.22 bits per heavy atom. The topological polar surface area (TPSA) is 63.2 Å². The molecule has 1 aromatic rings. The van der Waals surface area contributed by atoms with Crippen LogP contribution in [0.15, 0.2) is 39.8 Å². The summed E-state index contributed by atoms with van der Waals surface area (Å²) in [5.41, 5.74) is 1.29. The quantitative estimate of drug-likeness (QED) is 0.797. The molecule has 0 amide bonds. The minimum absolute atomic E-state index is 0.0870. The number of halogens is 3. The fourth-order valence-electron chi connectivity index (χ4n) is 2.29. The second-order valence-corrected chi connectivity index (χ2v) is 9.06. The van der Waals surface area contributed by atoms with Gasteiger partial charge >= 0.3 is 0 Å². The maximum Gasteiger partial charge on any atom is 0.241 e. The fourth-order valence-corrected chi connectivity index (χ4v) is 4.57. The van der Waals surface area contributed by atoms with Crippen molar-refractivity contribution in [3.05, 3.63) is 40.4 Å². The van der Waals surface area contributed by atoms with Crippen LogP contribution in [-0.2, 0) is 14.8 Å². The number of carbonyl (C=O) groups is 1. The molecule has 0 radical (unpaired) electrons. The molecule has 1 aliphatic rings. The monoisotopic (exact) mass is 395 g/mol. The summed E-state index contributed by atoms with van der Waals surface area (Å²) in [7, 11) is -3.83. The fraction of sp³-hybridized carbons (Fsp3) is 0.400. The third kappa shape index (κ3) is 3.44. The molecule has 0 aromatic heterocycles. The highest BCUT2D eigenvalue weighted by atomic mass is 35.5. The summed E-state index contributed by atoms with van der Waals surface area (Å²) >= 11 is 18.5. The molecule has 23 heavy (non-hydrogen) atoms. The van der Waals surface area contributed by atoms with Crippen LogP contribution in [0.1, 0.15) is 19.4 Å². The van der Waals surface area contributed by atoms with Gasteiger partial charge in [-0.1, -0.05) is 29.3 Å². The van der Waals surface area contributed by atoms with Crippen molar-refractivity contribution in [1.29, 1.82) is 0 Å². The van der Waals surface area contributed by atoms with E-state index in [9.17, 15) is 13.2 Å². The van der Waals surface area contributed by atoms with Crippen LogP contribution in [0, 0.1) is 6.92 Å². The van der Waals surface area contributed by atoms with Crippen molar-refractivity contribution in [3.8, 4) is 0 Å². The van der Waals surface area contributed by atoms with E-state index in [1.165, 1.54) is 19.1 Å². The second-order valence-electron chi connectivity index (χ2n) is 5.72. The van der Waals surface area contributed by atoms with Gasteiger partial charge < -0.3 is 0 Å². The van der Waals surface area contributed by atoms with Crippen molar-refractivity contribution in [2.75, 3.05) is 0 Å². The summed E-state index contributed by atoms with van der Waals surface area (Å²) in [5, 5.41) is -1.06. The van der Waals surface area contributed by atoms with E-state index in [-0.39, 0.29) is 9.93 Å². The first-order valence-corrected chi connectivity index (χ1v) is 9.49. The van der Waals surface area contributed by atoms with Crippen molar-refractivity contribution >= 4 is 50.6 Å². The van der Waals surface area contributed by atoms with Crippen molar-refractivity contribution in [1.82, 2.24) is 4.72 Å². The number of rotatable bonds is 3. The molecular weight excluding hydrogens is 381 g/mol. The number of benzene rings is 1. The van der Waals surface area contributed by atoms with Gasteiger partial charge in [0.25, 0.3) is 0 Å². The van der Waals surface area contributed by atoms with E-state index in [0.29, 0.717) is 5.57 Å². The third-order valence-corrected chi connectivity index (χ3v) is 7.01. The number of sulfonamides is 1. The zero-order valence-corrected chi connectivity index (χ0v) is 15.8. The zero-order chi connectivity index (χ0) is 17.6. The number of aryl methyl sites for hydroxylation is 1. The Morgan fingerprint density at radius 1 is 1.17 bits per heavy atom. The number of nitrogens with one attached hydrogen (secondary N) is 1. The maximum absolute atomic E-state index is 12.5. The lowest BCUT2D eigenvalue weighted by Crippen LogP contribution is -2.56. The van der Waals surface area contributed by atoms with Crippen molar-refractivity contribution < 1.29 is 13.2 Å². The number of carbonyl (C=O) groups excluding carboxylic acids is 1.